The number of anilines is 1. The van der Waals surface area contributed by atoms with Crippen LogP contribution in [0.3, 0.4) is 0 Å². The molecule has 7 heteroatoms. The van der Waals surface area contributed by atoms with Gasteiger partial charge in [-0.2, -0.15) is 0 Å². The smallest absolute Gasteiger partial charge is 0.341 e. The molecule has 0 atom stereocenters. The number of aryl methyl sites for hydroxylation is 1. The summed E-state index contributed by atoms with van der Waals surface area (Å²) in [5.41, 5.74) is 1.52. The van der Waals surface area contributed by atoms with Gasteiger partial charge in [-0.1, -0.05) is 12.1 Å². The van der Waals surface area contributed by atoms with E-state index in [4.69, 9.17) is 14.2 Å². The van der Waals surface area contributed by atoms with Crippen molar-refractivity contribution in [2.75, 3.05) is 25.6 Å². The van der Waals surface area contributed by atoms with E-state index in [-0.39, 0.29) is 18.5 Å². The molecule has 1 aliphatic rings. The maximum absolute atomic E-state index is 12.4. The number of methoxy groups -OCH3 is 1. The number of carbonyl (C=O) groups is 2. The quantitative estimate of drug-likeness (QED) is 0.729. The van der Waals surface area contributed by atoms with Crippen LogP contribution in [0.5, 0.6) is 11.5 Å². The number of esters is 1. The summed E-state index contributed by atoms with van der Waals surface area (Å²) in [4.78, 5) is 26.0. The summed E-state index contributed by atoms with van der Waals surface area (Å²) in [6, 6.07) is 7.13. The number of thiophene rings is 1. The van der Waals surface area contributed by atoms with Crippen molar-refractivity contribution in [3.05, 3.63) is 40.3 Å². The number of para-hydroxylation sites is 2. The van der Waals surface area contributed by atoms with Gasteiger partial charge < -0.3 is 19.5 Å². The Morgan fingerprint density at radius 2 is 1.89 bits per heavy atom. The second-order valence-corrected chi connectivity index (χ2v) is 7.23. The van der Waals surface area contributed by atoms with E-state index in [1.807, 2.05) is 12.1 Å². The van der Waals surface area contributed by atoms with Crippen LogP contribution in [0.15, 0.2) is 24.3 Å². The van der Waals surface area contributed by atoms with Gasteiger partial charge in [0, 0.05) is 4.88 Å². The number of amides is 1. The molecule has 2 aromatic rings. The lowest BCUT2D eigenvalue weighted by atomic mass is 9.95. The van der Waals surface area contributed by atoms with Gasteiger partial charge in [0.25, 0.3) is 5.91 Å². The second kappa shape index (κ2) is 8.90. The molecule has 0 spiro atoms. The minimum absolute atomic E-state index is 0.175. The molecule has 1 aromatic carbocycles. The summed E-state index contributed by atoms with van der Waals surface area (Å²) in [5, 5.41) is 3.38. The molecule has 0 fully saturated rings. The molecule has 1 aliphatic carbocycles. The molecule has 0 bridgehead atoms. The van der Waals surface area contributed by atoms with Crippen molar-refractivity contribution in [1.82, 2.24) is 0 Å². The van der Waals surface area contributed by atoms with Crippen LogP contribution < -0.4 is 14.8 Å². The van der Waals surface area contributed by atoms with Crippen LogP contribution in [0, 0.1) is 0 Å². The largest absolute Gasteiger partial charge is 0.493 e. The third kappa shape index (κ3) is 4.42. The molecule has 1 aromatic heterocycles. The van der Waals surface area contributed by atoms with Gasteiger partial charge in [0.1, 0.15) is 5.00 Å². The van der Waals surface area contributed by atoms with E-state index in [0.717, 1.165) is 36.1 Å². The average molecular weight is 389 g/mol. The van der Waals surface area contributed by atoms with E-state index < -0.39 is 0 Å². The molecule has 0 saturated heterocycles. The Bertz CT molecular complexity index is 830. The summed E-state index contributed by atoms with van der Waals surface area (Å²) in [6.45, 7) is 1.90. The van der Waals surface area contributed by atoms with Gasteiger partial charge in [-0.3, -0.25) is 4.79 Å². The van der Waals surface area contributed by atoms with Crippen LogP contribution in [0.4, 0.5) is 5.00 Å². The summed E-state index contributed by atoms with van der Waals surface area (Å²) in [7, 11) is 1.55. The highest BCUT2D eigenvalue weighted by atomic mass is 32.1. The van der Waals surface area contributed by atoms with Crippen molar-refractivity contribution >= 4 is 28.2 Å². The molecule has 1 amide bonds. The van der Waals surface area contributed by atoms with Crippen molar-refractivity contribution in [2.45, 2.75) is 32.6 Å². The fourth-order valence-corrected chi connectivity index (χ4v) is 4.41. The highest BCUT2D eigenvalue weighted by molar-refractivity contribution is 7.17. The summed E-state index contributed by atoms with van der Waals surface area (Å²) < 4.78 is 16.0. The Hall–Kier alpha value is -2.54. The zero-order chi connectivity index (χ0) is 19.2. The first-order valence-electron chi connectivity index (χ1n) is 9.01. The van der Waals surface area contributed by atoms with Gasteiger partial charge in [-0.15, -0.1) is 11.3 Å². The lowest BCUT2D eigenvalue weighted by molar-refractivity contribution is -0.118. The number of benzene rings is 1. The normalized spacial score (nSPS) is 12.8. The van der Waals surface area contributed by atoms with E-state index in [9.17, 15) is 9.59 Å². The van der Waals surface area contributed by atoms with Crippen molar-refractivity contribution in [1.29, 1.82) is 0 Å². The molecule has 0 aliphatic heterocycles. The van der Waals surface area contributed by atoms with Crippen LogP contribution in [-0.2, 0) is 22.4 Å². The molecule has 0 saturated carbocycles. The Morgan fingerprint density at radius 1 is 1.15 bits per heavy atom. The number of rotatable bonds is 7. The van der Waals surface area contributed by atoms with E-state index in [1.54, 1.807) is 26.2 Å². The second-order valence-electron chi connectivity index (χ2n) is 6.12. The van der Waals surface area contributed by atoms with Crippen LogP contribution >= 0.6 is 11.3 Å². The first-order chi connectivity index (χ1) is 13.1. The minimum atomic E-state index is -0.377. The van der Waals surface area contributed by atoms with Gasteiger partial charge in [-0.25, -0.2) is 4.79 Å². The summed E-state index contributed by atoms with van der Waals surface area (Å²) in [5.74, 6) is 0.346. The van der Waals surface area contributed by atoms with Gasteiger partial charge in [-0.05, 0) is 50.3 Å². The molecule has 0 radical (unpaired) electrons. The molecule has 3 rings (SSSR count). The number of hydrogen-bond acceptors (Lipinski definition) is 6. The molecule has 1 heterocycles. The van der Waals surface area contributed by atoms with E-state index in [1.165, 1.54) is 11.3 Å². The Kier molecular flexibility index (Phi) is 6.34. The maximum atomic E-state index is 12.4. The summed E-state index contributed by atoms with van der Waals surface area (Å²) in [6.07, 6.45) is 3.91. The third-order valence-electron chi connectivity index (χ3n) is 4.33. The van der Waals surface area contributed by atoms with E-state index in [2.05, 4.69) is 5.32 Å². The summed E-state index contributed by atoms with van der Waals surface area (Å²) >= 11 is 1.46. The molecule has 0 unspecified atom stereocenters. The van der Waals surface area contributed by atoms with Crippen LogP contribution in [0.2, 0.25) is 0 Å². The fraction of sp³-hybridized carbons (Fsp3) is 0.400. The maximum Gasteiger partial charge on any atom is 0.341 e. The van der Waals surface area contributed by atoms with Crippen LogP contribution in [0.1, 0.15) is 40.6 Å². The number of fused-ring (bicyclic) bond motifs is 1. The highest BCUT2D eigenvalue weighted by Gasteiger charge is 2.27. The van der Waals surface area contributed by atoms with Gasteiger partial charge in [0.2, 0.25) is 0 Å². The third-order valence-corrected chi connectivity index (χ3v) is 5.54. The topological polar surface area (TPSA) is 73.9 Å². The van der Waals surface area contributed by atoms with Crippen molar-refractivity contribution in [3.8, 4) is 11.5 Å². The molecular formula is C20H23NO5S. The SMILES string of the molecule is CCOC(=O)c1c(NC(=O)COc2ccccc2OC)sc2c1CCCC2. The highest BCUT2D eigenvalue weighted by Crippen LogP contribution is 2.38. The monoisotopic (exact) mass is 389 g/mol. The van der Waals surface area contributed by atoms with Gasteiger partial charge in [0.15, 0.2) is 18.1 Å². The number of hydrogen-bond donors (Lipinski definition) is 1. The van der Waals surface area contributed by atoms with Gasteiger partial charge >= 0.3 is 5.97 Å². The minimum Gasteiger partial charge on any atom is -0.493 e. The Morgan fingerprint density at radius 3 is 2.63 bits per heavy atom. The number of ether oxygens (including phenoxy) is 3. The lowest BCUT2D eigenvalue weighted by Crippen LogP contribution is -2.21. The standard InChI is InChI=1S/C20H23NO5S/c1-3-25-20(23)18-13-8-4-7-11-16(13)27-19(18)21-17(22)12-26-15-10-6-5-9-14(15)24-2/h5-6,9-10H,3-4,7-8,11-12H2,1-2H3,(H,21,22). The Labute approximate surface area is 162 Å². The van der Waals surface area contributed by atoms with E-state index in [0.29, 0.717) is 28.7 Å². The first kappa shape index (κ1) is 19.2. The van der Waals surface area contributed by atoms with Gasteiger partial charge in [0.05, 0.1) is 19.3 Å². The van der Waals surface area contributed by atoms with Crippen molar-refractivity contribution in [3.63, 3.8) is 0 Å². The number of carbonyl (C=O) groups excluding carboxylic acids is 2. The average Bonchev–Trinajstić information content (AvgIpc) is 3.04. The molecule has 27 heavy (non-hydrogen) atoms. The Balaban J connectivity index is 1.73. The zero-order valence-electron chi connectivity index (χ0n) is 15.5. The fourth-order valence-electron chi connectivity index (χ4n) is 3.12. The number of nitrogens with one attached hydrogen (secondary N) is 1. The predicted molar refractivity (Wildman–Crippen MR) is 104 cm³/mol. The van der Waals surface area contributed by atoms with Crippen molar-refractivity contribution in [2.24, 2.45) is 0 Å². The zero-order valence-corrected chi connectivity index (χ0v) is 16.3. The van der Waals surface area contributed by atoms with Crippen LogP contribution in [-0.4, -0.2) is 32.2 Å². The first-order valence-corrected chi connectivity index (χ1v) is 9.83. The molecule has 6 nitrogen and oxygen atoms in total. The molecular weight excluding hydrogens is 366 g/mol. The molecule has 144 valence electrons. The predicted octanol–water partition coefficient (Wildman–Crippen LogP) is 3.83. The van der Waals surface area contributed by atoms with Crippen molar-refractivity contribution < 1.29 is 23.8 Å². The van der Waals surface area contributed by atoms with E-state index >= 15 is 0 Å². The lowest BCUT2D eigenvalue weighted by Gasteiger charge is -2.12. The van der Waals surface area contributed by atoms with Crippen LogP contribution in [0.25, 0.3) is 0 Å². The molecule has 1 N–H and O–H groups in total.